The molecule has 0 unspecified atom stereocenters. The number of rotatable bonds is 9. The molecule has 1 aromatic heterocycles. The van der Waals surface area contributed by atoms with Crippen LogP contribution in [-0.2, 0) is 9.47 Å². The van der Waals surface area contributed by atoms with Gasteiger partial charge in [-0.15, -0.1) is 0 Å². The Bertz CT molecular complexity index is 434. The van der Waals surface area contributed by atoms with E-state index >= 15 is 0 Å². The summed E-state index contributed by atoms with van der Waals surface area (Å²) in [6.07, 6.45) is 0. The molecule has 0 aromatic carbocycles. The van der Waals surface area contributed by atoms with E-state index < -0.39 is 5.97 Å². The molecule has 1 rings (SSSR count). The number of carbonyl (C=O) groups is 1. The zero-order valence-corrected chi connectivity index (χ0v) is 12.1. The lowest BCUT2D eigenvalue weighted by molar-refractivity contribution is 0.0535. The van der Waals surface area contributed by atoms with Crippen LogP contribution < -0.4 is 4.74 Å². The van der Waals surface area contributed by atoms with E-state index in [1.807, 2.05) is 13.8 Å². The van der Waals surface area contributed by atoms with Gasteiger partial charge in [0.15, 0.2) is 0 Å². The largest absolute Gasteiger partial charge is 0.478 e. The van der Waals surface area contributed by atoms with Gasteiger partial charge in [0.1, 0.15) is 6.61 Å². The molecule has 1 N–H and O–H groups in total. The molecule has 20 heavy (non-hydrogen) atoms. The first-order valence-electron chi connectivity index (χ1n) is 6.49. The number of pyridine rings is 1. The number of hydrogen-bond acceptors (Lipinski definition) is 5. The van der Waals surface area contributed by atoms with Crippen LogP contribution in [0.5, 0.6) is 5.88 Å². The number of carboxylic acids is 1. The highest BCUT2D eigenvalue weighted by molar-refractivity contribution is 5.88. The van der Waals surface area contributed by atoms with Gasteiger partial charge < -0.3 is 19.3 Å². The molecule has 0 aliphatic rings. The maximum atomic E-state index is 11.1. The summed E-state index contributed by atoms with van der Waals surface area (Å²) in [6.45, 7) is 5.65. The molecule has 6 heteroatoms. The van der Waals surface area contributed by atoms with Gasteiger partial charge in [0.25, 0.3) is 0 Å². The van der Waals surface area contributed by atoms with Crippen molar-refractivity contribution in [2.45, 2.75) is 19.8 Å². The lowest BCUT2D eigenvalue weighted by Crippen LogP contribution is -2.11. The van der Waals surface area contributed by atoms with Crippen LogP contribution in [-0.4, -0.2) is 49.6 Å². The van der Waals surface area contributed by atoms with Crippen LogP contribution in [0.1, 0.15) is 35.8 Å². The zero-order valence-electron chi connectivity index (χ0n) is 12.1. The first-order valence-corrected chi connectivity index (χ1v) is 6.49. The average Bonchev–Trinajstić information content (AvgIpc) is 2.42. The second kappa shape index (κ2) is 8.50. The fraction of sp³-hybridized carbons (Fsp3) is 0.571. The summed E-state index contributed by atoms with van der Waals surface area (Å²) in [7, 11) is 1.61. The molecule has 0 spiro atoms. The third-order valence-corrected chi connectivity index (χ3v) is 2.57. The van der Waals surface area contributed by atoms with Gasteiger partial charge in [-0.05, 0) is 12.0 Å². The summed E-state index contributed by atoms with van der Waals surface area (Å²) >= 11 is 0. The third kappa shape index (κ3) is 5.54. The number of aromatic nitrogens is 1. The molecule has 1 aromatic rings. The predicted octanol–water partition coefficient (Wildman–Crippen LogP) is 1.94. The van der Waals surface area contributed by atoms with Crippen molar-refractivity contribution in [3.8, 4) is 5.88 Å². The van der Waals surface area contributed by atoms with Gasteiger partial charge in [0.05, 0.1) is 25.4 Å². The molecule has 0 bridgehead atoms. The summed E-state index contributed by atoms with van der Waals surface area (Å²) in [4.78, 5) is 15.3. The van der Waals surface area contributed by atoms with E-state index in [-0.39, 0.29) is 11.5 Å². The highest BCUT2D eigenvalue weighted by Gasteiger charge is 2.11. The summed E-state index contributed by atoms with van der Waals surface area (Å²) in [5.41, 5.74) is 0.874. The first kappa shape index (κ1) is 16.4. The van der Waals surface area contributed by atoms with E-state index in [0.717, 1.165) is 0 Å². The Morgan fingerprint density at radius 3 is 2.55 bits per heavy atom. The van der Waals surface area contributed by atoms with Gasteiger partial charge in [-0.2, -0.15) is 0 Å². The van der Waals surface area contributed by atoms with Crippen LogP contribution in [0.3, 0.4) is 0 Å². The van der Waals surface area contributed by atoms with Crippen molar-refractivity contribution < 1.29 is 24.1 Å². The van der Waals surface area contributed by atoms with Crippen molar-refractivity contribution in [2.24, 2.45) is 0 Å². The number of carboxylic acid groups (broad SMARTS) is 1. The Hall–Kier alpha value is -1.66. The maximum Gasteiger partial charge on any atom is 0.335 e. The fourth-order valence-electron chi connectivity index (χ4n) is 1.47. The molecular formula is C14H21NO5. The van der Waals surface area contributed by atoms with Crippen molar-refractivity contribution >= 4 is 5.97 Å². The Labute approximate surface area is 118 Å². The molecule has 0 aliphatic heterocycles. The predicted molar refractivity (Wildman–Crippen MR) is 73.5 cm³/mol. The van der Waals surface area contributed by atoms with Crippen LogP contribution >= 0.6 is 0 Å². The van der Waals surface area contributed by atoms with Gasteiger partial charge >= 0.3 is 5.97 Å². The second-order valence-electron chi connectivity index (χ2n) is 4.53. The SMILES string of the molecule is COCCOCCOc1cc(C(=O)O)cc(C(C)C)n1. The fourth-order valence-corrected chi connectivity index (χ4v) is 1.47. The second-order valence-corrected chi connectivity index (χ2v) is 4.53. The minimum absolute atomic E-state index is 0.134. The topological polar surface area (TPSA) is 77.9 Å². The Morgan fingerprint density at radius 1 is 1.25 bits per heavy atom. The average molecular weight is 283 g/mol. The highest BCUT2D eigenvalue weighted by Crippen LogP contribution is 2.19. The summed E-state index contributed by atoms with van der Waals surface area (Å²) in [5, 5.41) is 9.06. The van der Waals surface area contributed by atoms with Gasteiger partial charge in [-0.3, -0.25) is 0 Å². The van der Waals surface area contributed by atoms with E-state index in [4.69, 9.17) is 19.3 Å². The molecule has 0 saturated carbocycles. The Balaban J connectivity index is 2.58. The maximum absolute atomic E-state index is 11.1. The van der Waals surface area contributed by atoms with Gasteiger partial charge in [0, 0.05) is 18.9 Å². The van der Waals surface area contributed by atoms with Crippen LogP contribution in [0.4, 0.5) is 0 Å². The van der Waals surface area contributed by atoms with E-state index in [2.05, 4.69) is 4.98 Å². The van der Waals surface area contributed by atoms with E-state index in [0.29, 0.717) is 38.0 Å². The third-order valence-electron chi connectivity index (χ3n) is 2.57. The van der Waals surface area contributed by atoms with Crippen molar-refractivity contribution in [1.29, 1.82) is 0 Å². The summed E-state index contributed by atoms with van der Waals surface area (Å²) in [5.74, 6) is -0.547. The highest BCUT2D eigenvalue weighted by atomic mass is 16.5. The van der Waals surface area contributed by atoms with Crippen molar-refractivity contribution in [1.82, 2.24) is 4.98 Å². The van der Waals surface area contributed by atoms with E-state index in [1.54, 1.807) is 13.2 Å². The molecule has 0 amide bonds. The zero-order chi connectivity index (χ0) is 15.0. The van der Waals surface area contributed by atoms with Gasteiger partial charge in [-0.1, -0.05) is 13.8 Å². The minimum Gasteiger partial charge on any atom is -0.478 e. The standard InChI is InChI=1S/C14H21NO5/c1-10(2)12-8-11(14(16)17)9-13(15-12)20-7-6-19-5-4-18-3/h8-10H,4-7H2,1-3H3,(H,16,17). The Morgan fingerprint density at radius 2 is 1.95 bits per heavy atom. The summed E-state index contributed by atoms with van der Waals surface area (Å²) in [6, 6.07) is 2.98. The first-order chi connectivity index (χ1) is 9.54. The molecule has 0 fully saturated rings. The molecule has 0 aliphatic carbocycles. The van der Waals surface area contributed by atoms with Gasteiger partial charge in [0.2, 0.25) is 5.88 Å². The number of aromatic carboxylic acids is 1. The number of methoxy groups -OCH3 is 1. The normalized spacial score (nSPS) is 10.8. The molecule has 1 heterocycles. The molecule has 0 radical (unpaired) electrons. The van der Waals surface area contributed by atoms with E-state index in [1.165, 1.54) is 6.07 Å². The van der Waals surface area contributed by atoms with E-state index in [9.17, 15) is 4.79 Å². The van der Waals surface area contributed by atoms with Crippen molar-refractivity contribution in [3.63, 3.8) is 0 Å². The lowest BCUT2D eigenvalue weighted by atomic mass is 10.1. The number of nitrogens with zero attached hydrogens (tertiary/aromatic N) is 1. The molecule has 112 valence electrons. The Kier molecular flexibility index (Phi) is 6.97. The quantitative estimate of drug-likeness (QED) is 0.698. The summed E-state index contributed by atoms with van der Waals surface area (Å²) < 4.78 is 15.5. The molecule has 6 nitrogen and oxygen atoms in total. The van der Waals surface area contributed by atoms with Crippen molar-refractivity contribution in [2.75, 3.05) is 33.5 Å². The number of hydrogen-bond donors (Lipinski definition) is 1. The molecular weight excluding hydrogens is 262 g/mol. The smallest absolute Gasteiger partial charge is 0.335 e. The van der Waals surface area contributed by atoms with Gasteiger partial charge in [-0.25, -0.2) is 9.78 Å². The molecule has 0 saturated heterocycles. The van der Waals surface area contributed by atoms with Crippen LogP contribution in [0.25, 0.3) is 0 Å². The van der Waals surface area contributed by atoms with Crippen molar-refractivity contribution in [3.05, 3.63) is 23.4 Å². The lowest BCUT2D eigenvalue weighted by Gasteiger charge is -2.10. The number of ether oxygens (including phenoxy) is 3. The monoisotopic (exact) mass is 283 g/mol. The minimum atomic E-state index is -0.990. The van der Waals surface area contributed by atoms with Crippen LogP contribution in [0.2, 0.25) is 0 Å². The molecule has 0 atom stereocenters. The van der Waals surface area contributed by atoms with Crippen LogP contribution in [0.15, 0.2) is 12.1 Å². The van der Waals surface area contributed by atoms with Crippen LogP contribution in [0, 0.1) is 0 Å².